The number of aromatic nitrogens is 2. The molecule has 1 heterocycles. The maximum absolute atomic E-state index is 11.8. The monoisotopic (exact) mass is 249 g/mol. The van der Waals surface area contributed by atoms with Crippen molar-refractivity contribution in [1.29, 1.82) is 0 Å². The van der Waals surface area contributed by atoms with Crippen LogP contribution in [0, 0.1) is 0 Å². The standard InChI is InChI=1S/C11H11N3O2S/c15-7-9(8-4-2-1-3-5-8)13-11(16)10-6-12-14-17-10/h1-6,9,15H,7H2,(H,13,16). The third-order valence-corrected chi connectivity index (χ3v) is 2.94. The van der Waals surface area contributed by atoms with E-state index < -0.39 is 6.04 Å². The van der Waals surface area contributed by atoms with Gasteiger partial charge >= 0.3 is 0 Å². The van der Waals surface area contributed by atoms with Gasteiger partial charge in [-0.15, -0.1) is 5.10 Å². The number of aliphatic hydroxyl groups is 1. The zero-order chi connectivity index (χ0) is 12.1. The molecule has 0 bridgehead atoms. The highest BCUT2D eigenvalue weighted by Crippen LogP contribution is 2.13. The van der Waals surface area contributed by atoms with Gasteiger partial charge in [-0.1, -0.05) is 34.8 Å². The summed E-state index contributed by atoms with van der Waals surface area (Å²) < 4.78 is 3.62. The second-order valence-corrected chi connectivity index (χ2v) is 4.19. The quantitative estimate of drug-likeness (QED) is 0.847. The average Bonchev–Trinajstić information content (AvgIpc) is 2.90. The van der Waals surface area contributed by atoms with Crippen LogP contribution < -0.4 is 5.32 Å². The Balaban J connectivity index is 2.09. The lowest BCUT2D eigenvalue weighted by Crippen LogP contribution is -2.30. The minimum Gasteiger partial charge on any atom is -0.394 e. The number of benzene rings is 1. The van der Waals surface area contributed by atoms with E-state index in [1.807, 2.05) is 30.3 Å². The lowest BCUT2D eigenvalue weighted by atomic mass is 10.1. The molecule has 0 aliphatic carbocycles. The van der Waals surface area contributed by atoms with Crippen molar-refractivity contribution in [2.24, 2.45) is 0 Å². The summed E-state index contributed by atoms with van der Waals surface area (Å²) >= 11 is 1.02. The van der Waals surface area contributed by atoms with Gasteiger partial charge in [0, 0.05) is 0 Å². The first-order chi connectivity index (χ1) is 8.31. The summed E-state index contributed by atoms with van der Waals surface area (Å²) in [5, 5.41) is 15.6. The Kier molecular flexibility index (Phi) is 3.79. The van der Waals surface area contributed by atoms with Crippen molar-refractivity contribution in [3.05, 3.63) is 47.0 Å². The number of amides is 1. The van der Waals surface area contributed by atoms with Crippen molar-refractivity contribution in [1.82, 2.24) is 14.9 Å². The van der Waals surface area contributed by atoms with Gasteiger partial charge in [0.05, 0.1) is 18.8 Å². The van der Waals surface area contributed by atoms with E-state index in [-0.39, 0.29) is 12.5 Å². The Morgan fingerprint density at radius 1 is 1.41 bits per heavy atom. The third kappa shape index (κ3) is 2.86. The molecular formula is C11H11N3O2S. The zero-order valence-electron chi connectivity index (χ0n) is 8.91. The molecule has 0 saturated heterocycles. The molecule has 1 unspecified atom stereocenters. The highest BCUT2D eigenvalue weighted by Gasteiger charge is 2.15. The van der Waals surface area contributed by atoms with Crippen LogP contribution in [0.2, 0.25) is 0 Å². The number of hydrogen-bond acceptors (Lipinski definition) is 5. The third-order valence-electron chi connectivity index (χ3n) is 2.27. The summed E-state index contributed by atoms with van der Waals surface area (Å²) in [5.41, 5.74) is 0.862. The van der Waals surface area contributed by atoms with Crippen molar-refractivity contribution >= 4 is 17.4 Å². The summed E-state index contributed by atoms with van der Waals surface area (Å²) in [6.45, 7) is -0.151. The Hall–Kier alpha value is -1.79. The molecule has 0 spiro atoms. The summed E-state index contributed by atoms with van der Waals surface area (Å²) in [5.74, 6) is -0.275. The van der Waals surface area contributed by atoms with Crippen LogP contribution in [0.3, 0.4) is 0 Å². The van der Waals surface area contributed by atoms with Gasteiger partial charge in [0.25, 0.3) is 5.91 Å². The second kappa shape index (κ2) is 5.51. The van der Waals surface area contributed by atoms with Gasteiger partial charge in [-0.3, -0.25) is 4.79 Å². The fraction of sp³-hybridized carbons (Fsp3) is 0.182. The molecule has 88 valence electrons. The first-order valence-corrected chi connectivity index (χ1v) is 5.82. The van der Waals surface area contributed by atoms with Crippen molar-refractivity contribution in [3.8, 4) is 0 Å². The van der Waals surface area contributed by atoms with Crippen molar-refractivity contribution < 1.29 is 9.90 Å². The van der Waals surface area contributed by atoms with Crippen molar-refractivity contribution in [2.75, 3.05) is 6.61 Å². The van der Waals surface area contributed by atoms with Crippen LogP contribution in [0.25, 0.3) is 0 Å². The minimum absolute atomic E-state index is 0.151. The van der Waals surface area contributed by atoms with Crippen molar-refractivity contribution in [3.63, 3.8) is 0 Å². The van der Waals surface area contributed by atoms with E-state index in [2.05, 4.69) is 14.9 Å². The maximum Gasteiger partial charge on any atom is 0.265 e. The van der Waals surface area contributed by atoms with E-state index in [9.17, 15) is 9.90 Å². The highest BCUT2D eigenvalue weighted by molar-refractivity contribution is 7.07. The van der Waals surface area contributed by atoms with Gasteiger partial charge in [0.15, 0.2) is 0 Å². The molecule has 17 heavy (non-hydrogen) atoms. The summed E-state index contributed by atoms with van der Waals surface area (Å²) in [6, 6.07) is 8.90. The molecule has 1 amide bonds. The fourth-order valence-electron chi connectivity index (χ4n) is 1.42. The van der Waals surface area contributed by atoms with E-state index >= 15 is 0 Å². The minimum atomic E-state index is -0.411. The molecule has 0 saturated carbocycles. The maximum atomic E-state index is 11.8. The molecular weight excluding hydrogens is 238 g/mol. The van der Waals surface area contributed by atoms with E-state index in [1.165, 1.54) is 6.20 Å². The van der Waals surface area contributed by atoms with E-state index in [0.29, 0.717) is 4.88 Å². The zero-order valence-corrected chi connectivity index (χ0v) is 9.72. The van der Waals surface area contributed by atoms with Gasteiger partial charge < -0.3 is 10.4 Å². The fourth-order valence-corrected chi connectivity index (χ4v) is 1.83. The number of nitrogens with one attached hydrogen (secondary N) is 1. The van der Waals surface area contributed by atoms with Crippen LogP contribution in [0.4, 0.5) is 0 Å². The van der Waals surface area contributed by atoms with Crippen LogP contribution in [0.1, 0.15) is 21.3 Å². The lowest BCUT2D eigenvalue weighted by molar-refractivity contribution is 0.0920. The normalized spacial score (nSPS) is 12.1. The Labute approximate surface area is 102 Å². The van der Waals surface area contributed by atoms with Gasteiger partial charge in [-0.2, -0.15) is 0 Å². The SMILES string of the molecule is O=C(NC(CO)c1ccccc1)c1cnns1. The van der Waals surface area contributed by atoms with E-state index in [1.54, 1.807) is 0 Å². The number of aliphatic hydroxyl groups excluding tert-OH is 1. The van der Waals surface area contributed by atoms with Crippen LogP contribution in [-0.4, -0.2) is 27.2 Å². The summed E-state index contributed by atoms with van der Waals surface area (Å²) in [6.07, 6.45) is 1.40. The smallest absolute Gasteiger partial charge is 0.265 e. The van der Waals surface area contributed by atoms with E-state index in [4.69, 9.17) is 0 Å². The number of carbonyl (C=O) groups excluding carboxylic acids is 1. The van der Waals surface area contributed by atoms with Crippen molar-refractivity contribution in [2.45, 2.75) is 6.04 Å². The van der Waals surface area contributed by atoms with Crippen LogP contribution in [0.15, 0.2) is 36.5 Å². The van der Waals surface area contributed by atoms with Gasteiger partial charge in [-0.25, -0.2) is 0 Å². The topological polar surface area (TPSA) is 75.1 Å². The molecule has 0 aliphatic heterocycles. The largest absolute Gasteiger partial charge is 0.394 e. The number of nitrogens with zero attached hydrogens (tertiary/aromatic N) is 2. The Morgan fingerprint density at radius 2 is 2.18 bits per heavy atom. The second-order valence-electron chi connectivity index (χ2n) is 3.40. The summed E-state index contributed by atoms with van der Waals surface area (Å²) in [7, 11) is 0. The lowest BCUT2D eigenvalue weighted by Gasteiger charge is -2.15. The average molecular weight is 249 g/mol. The van der Waals surface area contributed by atoms with Crippen LogP contribution in [-0.2, 0) is 0 Å². The molecule has 2 rings (SSSR count). The first kappa shape index (κ1) is 11.7. The van der Waals surface area contributed by atoms with Gasteiger partial charge in [-0.05, 0) is 17.1 Å². The molecule has 0 fully saturated rings. The number of hydrogen-bond donors (Lipinski definition) is 2. The van der Waals surface area contributed by atoms with Crippen LogP contribution >= 0.6 is 11.5 Å². The first-order valence-electron chi connectivity index (χ1n) is 5.05. The van der Waals surface area contributed by atoms with Gasteiger partial charge in [0.1, 0.15) is 4.88 Å². The molecule has 2 aromatic rings. The number of rotatable bonds is 4. The molecule has 0 aliphatic rings. The molecule has 1 aromatic carbocycles. The van der Waals surface area contributed by atoms with E-state index in [0.717, 1.165) is 17.1 Å². The molecule has 1 aromatic heterocycles. The molecule has 0 radical (unpaired) electrons. The number of carbonyl (C=O) groups is 1. The molecule has 2 N–H and O–H groups in total. The van der Waals surface area contributed by atoms with Gasteiger partial charge in [0.2, 0.25) is 0 Å². The highest BCUT2D eigenvalue weighted by atomic mass is 32.1. The Morgan fingerprint density at radius 3 is 2.76 bits per heavy atom. The molecule has 5 nitrogen and oxygen atoms in total. The Bertz CT molecular complexity index is 473. The molecule has 6 heteroatoms. The molecule has 1 atom stereocenters. The predicted molar refractivity (Wildman–Crippen MR) is 63.6 cm³/mol. The predicted octanol–water partition coefficient (Wildman–Crippen LogP) is 1.00. The summed E-state index contributed by atoms with van der Waals surface area (Å²) in [4.78, 5) is 12.2. The van der Waals surface area contributed by atoms with Crippen LogP contribution in [0.5, 0.6) is 0 Å².